The van der Waals surface area contributed by atoms with Crippen LogP contribution < -0.4 is 15.4 Å². The highest BCUT2D eigenvalue weighted by atomic mass is 16.5. The minimum Gasteiger partial charge on any atom is -0.488 e. The zero-order valence-electron chi connectivity index (χ0n) is 14.3. The molecule has 1 atom stereocenters. The van der Waals surface area contributed by atoms with E-state index in [1.165, 1.54) is 5.56 Å². The second-order valence-corrected chi connectivity index (χ2v) is 6.57. The SMILES string of the molecule is CN=C(NCC1Cc2ccccc2O1)NCC(C)(C)N(C)C. The number of guanidine groups is 1. The molecule has 1 aliphatic heterocycles. The van der Waals surface area contributed by atoms with Crippen molar-refractivity contribution in [3.05, 3.63) is 29.8 Å². The number of ether oxygens (including phenoxy) is 1. The topological polar surface area (TPSA) is 48.9 Å². The van der Waals surface area contributed by atoms with E-state index in [9.17, 15) is 0 Å². The van der Waals surface area contributed by atoms with Gasteiger partial charge in [-0.1, -0.05) is 18.2 Å². The van der Waals surface area contributed by atoms with Crippen molar-refractivity contribution in [3.63, 3.8) is 0 Å². The van der Waals surface area contributed by atoms with Gasteiger partial charge in [0.05, 0.1) is 6.54 Å². The molecule has 1 aromatic carbocycles. The fourth-order valence-corrected chi connectivity index (χ4v) is 2.26. The van der Waals surface area contributed by atoms with Gasteiger partial charge in [-0.05, 0) is 39.6 Å². The molecule has 122 valence electrons. The molecular weight excluding hydrogens is 276 g/mol. The van der Waals surface area contributed by atoms with Gasteiger partial charge in [-0.25, -0.2) is 0 Å². The van der Waals surface area contributed by atoms with Gasteiger partial charge in [0, 0.05) is 25.6 Å². The first-order valence-electron chi connectivity index (χ1n) is 7.79. The van der Waals surface area contributed by atoms with Crippen molar-refractivity contribution in [2.24, 2.45) is 4.99 Å². The Bertz CT molecular complexity index is 500. The van der Waals surface area contributed by atoms with Gasteiger partial charge >= 0.3 is 0 Å². The molecule has 22 heavy (non-hydrogen) atoms. The zero-order valence-corrected chi connectivity index (χ0v) is 14.3. The standard InChI is InChI=1S/C17H28N4O/c1-17(2,21(4)5)12-20-16(18-3)19-11-14-10-13-8-6-7-9-15(13)22-14/h6-9,14H,10-12H2,1-5H3,(H2,18,19,20). The Morgan fingerprint density at radius 2 is 2.05 bits per heavy atom. The number of nitrogens with one attached hydrogen (secondary N) is 2. The van der Waals surface area contributed by atoms with Gasteiger partial charge in [0.25, 0.3) is 0 Å². The van der Waals surface area contributed by atoms with E-state index in [4.69, 9.17) is 4.74 Å². The molecule has 0 spiro atoms. The minimum atomic E-state index is 0.0672. The van der Waals surface area contributed by atoms with E-state index < -0.39 is 0 Å². The highest BCUT2D eigenvalue weighted by molar-refractivity contribution is 5.79. The maximum atomic E-state index is 5.93. The van der Waals surface area contributed by atoms with E-state index in [0.717, 1.165) is 31.2 Å². The maximum Gasteiger partial charge on any atom is 0.191 e. The molecule has 1 unspecified atom stereocenters. The van der Waals surface area contributed by atoms with Crippen molar-refractivity contribution in [3.8, 4) is 5.75 Å². The largest absolute Gasteiger partial charge is 0.488 e. The van der Waals surface area contributed by atoms with Gasteiger partial charge in [0.1, 0.15) is 11.9 Å². The minimum absolute atomic E-state index is 0.0672. The highest BCUT2D eigenvalue weighted by Crippen LogP contribution is 2.27. The van der Waals surface area contributed by atoms with Gasteiger partial charge in [-0.2, -0.15) is 0 Å². The van der Waals surface area contributed by atoms with Crippen molar-refractivity contribution in [2.75, 3.05) is 34.2 Å². The smallest absolute Gasteiger partial charge is 0.191 e. The van der Waals surface area contributed by atoms with Gasteiger partial charge in [-0.3, -0.25) is 4.99 Å². The van der Waals surface area contributed by atoms with Crippen LogP contribution >= 0.6 is 0 Å². The van der Waals surface area contributed by atoms with Crippen LogP contribution in [0.2, 0.25) is 0 Å². The molecule has 0 bridgehead atoms. The predicted molar refractivity (Wildman–Crippen MR) is 91.7 cm³/mol. The van der Waals surface area contributed by atoms with Crippen LogP contribution in [-0.2, 0) is 6.42 Å². The molecule has 5 nitrogen and oxygen atoms in total. The lowest BCUT2D eigenvalue weighted by Crippen LogP contribution is -2.51. The van der Waals surface area contributed by atoms with Gasteiger partial charge in [0.15, 0.2) is 5.96 Å². The Balaban J connectivity index is 1.79. The summed E-state index contributed by atoms with van der Waals surface area (Å²) in [5.74, 6) is 1.82. The summed E-state index contributed by atoms with van der Waals surface area (Å²) >= 11 is 0. The molecular formula is C17H28N4O. The molecule has 1 heterocycles. The third-order valence-electron chi connectivity index (χ3n) is 4.33. The molecule has 0 aliphatic carbocycles. The predicted octanol–water partition coefficient (Wildman–Crippen LogP) is 1.50. The Hall–Kier alpha value is -1.75. The Kier molecular flexibility index (Phi) is 5.29. The lowest BCUT2D eigenvalue weighted by molar-refractivity contribution is 0.197. The number of fused-ring (bicyclic) bond motifs is 1. The number of aliphatic imine (C=N–C) groups is 1. The van der Waals surface area contributed by atoms with Gasteiger partial charge in [-0.15, -0.1) is 0 Å². The lowest BCUT2D eigenvalue weighted by Gasteiger charge is -2.33. The summed E-state index contributed by atoms with van der Waals surface area (Å²) in [5, 5.41) is 6.73. The van der Waals surface area contributed by atoms with E-state index in [1.54, 1.807) is 7.05 Å². The molecule has 0 saturated heterocycles. The number of hydrogen-bond donors (Lipinski definition) is 2. The van der Waals surface area contributed by atoms with Crippen LogP contribution in [0.3, 0.4) is 0 Å². The summed E-state index contributed by atoms with van der Waals surface area (Å²) in [7, 11) is 5.96. The quantitative estimate of drug-likeness (QED) is 0.639. The molecule has 1 aliphatic rings. The first-order valence-corrected chi connectivity index (χ1v) is 7.79. The molecule has 0 amide bonds. The average molecular weight is 304 g/mol. The first-order chi connectivity index (χ1) is 10.4. The first kappa shape index (κ1) is 16.6. The number of para-hydroxylation sites is 1. The molecule has 2 rings (SSSR count). The number of benzene rings is 1. The summed E-state index contributed by atoms with van der Waals surface area (Å²) in [5.41, 5.74) is 1.35. The lowest BCUT2D eigenvalue weighted by atomic mass is 10.0. The maximum absolute atomic E-state index is 5.93. The highest BCUT2D eigenvalue weighted by Gasteiger charge is 2.23. The van der Waals surface area contributed by atoms with Crippen molar-refractivity contribution in [2.45, 2.75) is 31.9 Å². The van der Waals surface area contributed by atoms with Crippen LogP contribution in [0.4, 0.5) is 0 Å². The zero-order chi connectivity index (χ0) is 16.2. The summed E-state index contributed by atoms with van der Waals surface area (Å²) < 4.78 is 5.93. The number of hydrogen-bond acceptors (Lipinski definition) is 3. The van der Waals surface area contributed by atoms with Crippen LogP contribution in [0.15, 0.2) is 29.3 Å². The van der Waals surface area contributed by atoms with E-state index in [0.29, 0.717) is 0 Å². The Morgan fingerprint density at radius 3 is 2.68 bits per heavy atom. The number of nitrogens with zero attached hydrogens (tertiary/aromatic N) is 2. The van der Waals surface area contributed by atoms with Crippen molar-refractivity contribution >= 4 is 5.96 Å². The third-order valence-corrected chi connectivity index (χ3v) is 4.33. The molecule has 0 aromatic heterocycles. The average Bonchev–Trinajstić information content (AvgIpc) is 2.90. The second-order valence-electron chi connectivity index (χ2n) is 6.57. The monoisotopic (exact) mass is 304 g/mol. The van der Waals surface area contributed by atoms with Crippen LogP contribution in [0.1, 0.15) is 19.4 Å². The van der Waals surface area contributed by atoms with E-state index in [2.05, 4.69) is 60.6 Å². The second kappa shape index (κ2) is 7.01. The normalized spacial score (nSPS) is 18.1. The summed E-state index contributed by atoms with van der Waals surface area (Å²) in [6.07, 6.45) is 1.11. The third kappa shape index (κ3) is 4.13. The Morgan fingerprint density at radius 1 is 1.32 bits per heavy atom. The van der Waals surface area contributed by atoms with Crippen LogP contribution in [0, 0.1) is 0 Å². The van der Waals surface area contributed by atoms with Crippen molar-refractivity contribution in [1.29, 1.82) is 0 Å². The van der Waals surface area contributed by atoms with Gasteiger partial charge < -0.3 is 20.3 Å². The van der Waals surface area contributed by atoms with Crippen LogP contribution in [-0.4, -0.2) is 56.7 Å². The summed E-state index contributed by atoms with van der Waals surface area (Å²) in [4.78, 5) is 6.48. The van der Waals surface area contributed by atoms with Crippen molar-refractivity contribution < 1.29 is 4.74 Å². The number of rotatable bonds is 5. The Labute approximate surface area is 133 Å². The fraction of sp³-hybridized carbons (Fsp3) is 0.588. The van der Waals surface area contributed by atoms with Crippen molar-refractivity contribution in [1.82, 2.24) is 15.5 Å². The molecule has 0 saturated carbocycles. The van der Waals surface area contributed by atoms with E-state index >= 15 is 0 Å². The van der Waals surface area contributed by atoms with E-state index in [-0.39, 0.29) is 11.6 Å². The number of likely N-dealkylation sites (N-methyl/N-ethyl adjacent to an activating group) is 1. The molecule has 5 heteroatoms. The van der Waals surface area contributed by atoms with E-state index in [1.807, 2.05) is 12.1 Å². The van der Waals surface area contributed by atoms with Crippen LogP contribution in [0.5, 0.6) is 5.75 Å². The molecule has 0 radical (unpaired) electrons. The summed E-state index contributed by atoms with van der Waals surface area (Å²) in [6, 6.07) is 8.23. The fourth-order valence-electron chi connectivity index (χ4n) is 2.26. The molecule has 0 fully saturated rings. The summed E-state index contributed by atoms with van der Waals surface area (Å²) in [6.45, 7) is 5.97. The van der Waals surface area contributed by atoms with Gasteiger partial charge in [0.2, 0.25) is 0 Å². The van der Waals surface area contributed by atoms with Crippen LogP contribution in [0.25, 0.3) is 0 Å². The molecule has 2 N–H and O–H groups in total. The molecule has 1 aromatic rings.